The van der Waals surface area contributed by atoms with Crippen LogP contribution in [0.2, 0.25) is 0 Å². The Morgan fingerprint density at radius 3 is 2.63 bits per heavy atom. The first-order valence-corrected chi connectivity index (χ1v) is 9.85. The second kappa shape index (κ2) is 9.72. The van der Waals surface area contributed by atoms with Gasteiger partial charge in [0.05, 0.1) is 6.54 Å². The molecule has 0 radical (unpaired) electrons. The highest BCUT2D eigenvalue weighted by Gasteiger charge is 2.25. The lowest BCUT2D eigenvalue weighted by molar-refractivity contribution is -0.121. The maximum absolute atomic E-state index is 13.6. The Hall–Kier alpha value is -2.11. The minimum atomic E-state index is -0.250. The van der Waals surface area contributed by atoms with Gasteiger partial charge in [-0.25, -0.2) is 4.39 Å². The Kier molecular flexibility index (Phi) is 7.63. The molecule has 150 valence electrons. The van der Waals surface area contributed by atoms with Gasteiger partial charge in [-0.05, 0) is 43.4 Å². The normalized spacial score (nSPS) is 16.3. The van der Waals surface area contributed by atoms with Crippen molar-refractivity contribution in [3.05, 3.63) is 35.6 Å². The first kappa shape index (κ1) is 21.2. The van der Waals surface area contributed by atoms with Gasteiger partial charge in [0.25, 0.3) is 0 Å². The van der Waals surface area contributed by atoms with Crippen LogP contribution < -0.4 is 10.6 Å². The lowest BCUT2D eigenvalue weighted by atomic mass is 9.85. The van der Waals surface area contributed by atoms with Crippen molar-refractivity contribution < 1.29 is 9.18 Å². The molecule has 0 aromatic heterocycles. The average molecular weight is 377 g/mol. The molecular weight excluding hydrogens is 343 g/mol. The number of amides is 1. The smallest absolute Gasteiger partial charge is 0.220 e. The van der Waals surface area contributed by atoms with Crippen LogP contribution in [0.1, 0.15) is 45.6 Å². The number of carbonyl (C=O) groups excluding carboxylic acids is 1. The highest BCUT2D eigenvalue weighted by molar-refractivity contribution is 5.80. The van der Waals surface area contributed by atoms with E-state index in [1.165, 1.54) is 6.07 Å². The van der Waals surface area contributed by atoms with Gasteiger partial charge in [-0.1, -0.05) is 26.0 Å². The van der Waals surface area contributed by atoms with Crippen molar-refractivity contribution >= 4 is 11.9 Å². The summed E-state index contributed by atoms with van der Waals surface area (Å²) in [5.74, 6) is 1.24. The topological polar surface area (TPSA) is 56.7 Å². The van der Waals surface area contributed by atoms with E-state index in [1.807, 2.05) is 6.07 Å². The van der Waals surface area contributed by atoms with Crippen LogP contribution in [0.5, 0.6) is 0 Å². The lowest BCUT2D eigenvalue weighted by Crippen LogP contribution is -2.46. The zero-order valence-corrected chi connectivity index (χ0v) is 17.0. The number of rotatable bonds is 6. The first-order valence-electron chi connectivity index (χ1n) is 9.85. The fraction of sp³-hybridized carbons (Fsp3) is 0.619. The number of likely N-dealkylation sites (tertiary alicyclic amines) is 1. The van der Waals surface area contributed by atoms with E-state index in [-0.39, 0.29) is 17.1 Å². The summed E-state index contributed by atoms with van der Waals surface area (Å²) in [5.41, 5.74) is 0.701. The molecule has 0 unspecified atom stereocenters. The van der Waals surface area contributed by atoms with Crippen LogP contribution in [0.25, 0.3) is 0 Å². The summed E-state index contributed by atoms with van der Waals surface area (Å²) in [7, 11) is 1.69. The first-order chi connectivity index (χ1) is 12.9. The molecule has 1 aromatic carbocycles. The van der Waals surface area contributed by atoms with Gasteiger partial charge in [0.15, 0.2) is 5.96 Å². The standard InChI is InChI=1S/C21H33FN4O/c1-5-24-20(26-11-9-16(10-12-26)13-19(27)23-4)25-15-21(2,3)17-7-6-8-18(22)14-17/h6-8,14,16H,5,9-13,15H2,1-4H3,(H,23,27)(H,24,25). The van der Waals surface area contributed by atoms with Gasteiger partial charge in [-0.3, -0.25) is 9.79 Å². The Bertz CT molecular complexity index is 651. The van der Waals surface area contributed by atoms with E-state index in [2.05, 4.69) is 36.3 Å². The molecule has 1 aliphatic heterocycles. The number of aliphatic imine (C=N–C) groups is 1. The van der Waals surface area contributed by atoms with Crippen molar-refractivity contribution in [1.29, 1.82) is 0 Å². The monoisotopic (exact) mass is 376 g/mol. The molecule has 0 atom stereocenters. The highest BCUT2D eigenvalue weighted by atomic mass is 19.1. The van der Waals surface area contributed by atoms with E-state index < -0.39 is 0 Å². The summed E-state index contributed by atoms with van der Waals surface area (Å²) < 4.78 is 13.6. The second-order valence-corrected chi connectivity index (χ2v) is 7.87. The van der Waals surface area contributed by atoms with E-state index in [1.54, 1.807) is 19.2 Å². The number of nitrogens with one attached hydrogen (secondary N) is 2. The van der Waals surface area contributed by atoms with E-state index in [0.29, 0.717) is 18.9 Å². The average Bonchev–Trinajstić information content (AvgIpc) is 2.66. The number of hydrogen-bond acceptors (Lipinski definition) is 2. The third-order valence-electron chi connectivity index (χ3n) is 5.23. The third-order valence-corrected chi connectivity index (χ3v) is 5.23. The molecule has 1 heterocycles. The summed E-state index contributed by atoms with van der Waals surface area (Å²) in [4.78, 5) is 18.7. The van der Waals surface area contributed by atoms with Crippen molar-refractivity contribution in [1.82, 2.24) is 15.5 Å². The summed E-state index contributed by atoms with van der Waals surface area (Å²) in [6, 6.07) is 6.76. The van der Waals surface area contributed by atoms with Crippen LogP contribution in [0, 0.1) is 11.7 Å². The molecule has 1 amide bonds. The van der Waals surface area contributed by atoms with Gasteiger partial charge in [0.1, 0.15) is 5.82 Å². The Morgan fingerprint density at radius 1 is 1.33 bits per heavy atom. The van der Waals surface area contributed by atoms with Gasteiger partial charge in [0.2, 0.25) is 5.91 Å². The molecule has 1 saturated heterocycles. The van der Waals surface area contributed by atoms with Crippen molar-refractivity contribution in [2.45, 2.75) is 45.4 Å². The largest absolute Gasteiger partial charge is 0.359 e. The van der Waals surface area contributed by atoms with Crippen LogP contribution in [0.15, 0.2) is 29.3 Å². The molecule has 1 fully saturated rings. The van der Waals surface area contributed by atoms with Gasteiger partial charge in [-0.15, -0.1) is 0 Å². The van der Waals surface area contributed by atoms with E-state index in [9.17, 15) is 9.18 Å². The zero-order chi connectivity index (χ0) is 19.9. The van der Waals surface area contributed by atoms with Crippen LogP contribution in [-0.2, 0) is 10.2 Å². The zero-order valence-electron chi connectivity index (χ0n) is 17.0. The maximum Gasteiger partial charge on any atom is 0.220 e. The summed E-state index contributed by atoms with van der Waals surface area (Å²) >= 11 is 0. The van der Waals surface area contributed by atoms with Gasteiger partial charge in [-0.2, -0.15) is 0 Å². The summed E-state index contributed by atoms with van der Waals surface area (Å²) in [6.45, 7) is 9.41. The molecule has 1 aliphatic rings. The Balaban J connectivity index is 2.01. The predicted octanol–water partition coefficient (Wildman–Crippen LogP) is 2.92. The number of piperidine rings is 1. The second-order valence-electron chi connectivity index (χ2n) is 7.87. The van der Waals surface area contributed by atoms with Gasteiger partial charge < -0.3 is 15.5 Å². The molecular formula is C21H33FN4O. The van der Waals surface area contributed by atoms with Gasteiger partial charge in [0, 0.05) is 38.5 Å². The highest BCUT2D eigenvalue weighted by Crippen LogP contribution is 2.25. The van der Waals surface area contributed by atoms with Crippen LogP contribution in [0.3, 0.4) is 0 Å². The Morgan fingerprint density at radius 2 is 2.04 bits per heavy atom. The minimum Gasteiger partial charge on any atom is -0.359 e. The van der Waals surface area contributed by atoms with Crippen LogP contribution >= 0.6 is 0 Å². The van der Waals surface area contributed by atoms with Crippen molar-refractivity contribution in [2.24, 2.45) is 10.9 Å². The van der Waals surface area contributed by atoms with Crippen LogP contribution in [0.4, 0.5) is 4.39 Å². The molecule has 5 nitrogen and oxygen atoms in total. The Labute approximate surface area is 162 Å². The molecule has 0 spiro atoms. The summed E-state index contributed by atoms with van der Waals surface area (Å²) in [6.07, 6.45) is 2.58. The SMILES string of the molecule is CCNC(=NCC(C)(C)c1cccc(F)c1)N1CCC(CC(=O)NC)CC1. The molecule has 27 heavy (non-hydrogen) atoms. The number of carbonyl (C=O) groups is 1. The molecule has 0 aliphatic carbocycles. The lowest BCUT2D eigenvalue weighted by Gasteiger charge is -2.34. The number of nitrogens with zero attached hydrogens (tertiary/aromatic N) is 2. The number of benzene rings is 1. The quantitative estimate of drug-likeness (QED) is 0.593. The maximum atomic E-state index is 13.6. The molecule has 2 rings (SSSR count). The number of hydrogen-bond donors (Lipinski definition) is 2. The third kappa shape index (κ3) is 6.22. The molecule has 2 N–H and O–H groups in total. The molecule has 0 bridgehead atoms. The summed E-state index contributed by atoms with van der Waals surface area (Å²) in [5, 5.41) is 6.08. The molecule has 6 heteroatoms. The number of guanidine groups is 1. The van der Waals surface area contributed by atoms with Crippen molar-refractivity contribution in [2.75, 3.05) is 33.2 Å². The fourth-order valence-corrected chi connectivity index (χ4v) is 3.41. The van der Waals surface area contributed by atoms with E-state index >= 15 is 0 Å². The molecule has 1 aromatic rings. The van der Waals surface area contributed by atoms with Crippen molar-refractivity contribution in [3.8, 4) is 0 Å². The predicted molar refractivity (Wildman–Crippen MR) is 108 cm³/mol. The minimum absolute atomic E-state index is 0.117. The molecule has 0 saturated carbocycles. The van der Waals surface area contributed by atoms with Crippen molar-refractivity contribution in [3.63, 3.8) is 0 Å². The fourth-order valence-electron chi connectivity index (χ4n) is 3.41. The van der Waals surface area contributed by atoms with Gasteiger partial charge >= 0.3 is 0 Å². The van der Waals surface area contributed by atoms with Crippen LogP contribution in [-0.4, -0.2) is 50.0 Å². The number of halogens is 1. The van der Waals surface area contributed by atoms with E-state index in [0.717, 1.165) is 44.0 Å². The van der Waals surface area contributed by atoms with E-state index in [4.69, 9.17) is 4.99 Å².